The number of pyridine rings is 1. The zero-order valence-corrected chi connectivity index (χ0v) is 11.1. The van der Waals surface area contributed by atoms with Crippen LogP contribution < -0.4 is 0 Å². The summed E-state index contributed by atoms with van der Waals surface area (Å²) in [6, 6.07) is 16.8. The normalized spacial score (nSPS) is 10.8. The van der Waals surface area contributed by atoms with Gasteiger partial charge in [0, 0.05) is 18.8 Å². The number of aryl methyl sites for hydroxylation is 1. The van der Waals surface area contributed by atoms with Crippen molar-refractivity contribution in [2.45, 2.75) is 26.9 Å². The van der Waals surface area contributed by atoms with Gasteiger partial charge in [0.1, 0.15) is 0 Å². The Morgan fingerprint density at radius 2 is 1.72 bits per heavy atom. The van der Waals surface area contributed by atoms with E-state index in [1.807, 2.05) is 13.0 Å². The van der Waals surface area contributed by atoms with Crippen molar-refractivity contribution in [2.75, 3.05) is 6.54 Å². The lowest BCUT2D eigenvalue weighted by atomic mass is 10.2. The van der Waals surface area contributed by atoms with Crippen molar-refractivity contribution in [3.05, 3.63) is 65.5 Å². The van der Waals surface area contributed by atoms with Gasteiger partial charge in [0.05, 0.1) is 5.69 Å². The largest absolute Gasteiger partial charge is 0.294 e. The fourth-order valence-corrected chi connectivity index (χ4v) is 2.04. The molecular formula is C16H20N2. The third-order valence-electron chi connectivity index (χ3n) is 3.03. The molecule has 0 aliphatic heterocycles. The fraction of sp³-hybridized carbons (Fsp3) is 0.312. The Balaban J connectivity index is 2.01. The third-order valence-corrected chi connectivity index (χ3v) is 3.03. The number of aromatic nitrogens is 1. The summed E-state index contributed by atoms with van der Waals surface area (Å²) in [5.41, 5.74) is 3.59. The van der Waals surface area contributed by atoms with Gasteiger partial charge in [-0.1, -0.05) is 43.3 Å². The van der Waals surface area contributed by atoms with E-state index in [1.165, 1.54) is 5.56 Å². The molecule has 0 radical (unpaired) electrons. The molecule has 0 fully saturated rings. The molecule has 0 saturated heterocycles. The molecular weight excluding hydrogens is 220 g/mol. The van der Waals surface area contributed by atoms with Gasteiger partial charge in [0.2, 0.25) is 0 Å². The van der Waals surface area contributed by atoms with Gasteiger partial charge in [-0.15, -0.1) is 0 Å². The van der Waals surface area contributed by atoms with Crippen molar-refractivity contribution < 1.29 is 0 Å². The topological polar surface area (TPSA) is 16.1 Å². The Labute approximate surface area is 109 Å². The van der Waals surface area contributed by atoms with Crippen LogP contribution in [0.15, 0.2) is 48.5 Å². The lowest BCUT2D eigenvalue weighted by Gasteiger charge is -2.20. The minimum Gasteiger partial charge on any atom is -0.294 e. The van der Waals surface area contributed by atoms with E-state index in [2.05, 4.69) is 59.3 Å². The molecule has 1 aromatic heterocycles. The Morgan fingerprint density at radius 3 is 2.39 bits per heavy atom. The van der Waals surface area contributed by atoms with Crippen LogP contribution in [0.2, 0.25) is 0 Å². The summed E-state index contributed by atoms with van der Waals surface area (Å²) in [6.45, 7) is 7.15. The maximum Gasteiger partial charge on any atom is 0.0547 e. The first-order valence-electron chi connectivity index (χ1n) is 6.46. The van der Waals surface area contributed by atoms with Gasteiger partial charge in [-0.2, -0.15) is 0 Å². The number of hydrogen-bond acceptors (Lipinski definition) is 2. The predicted molar refractivity (Wildman–Crippen MR) is 75.2 cm³/mol. The first-order chi connectivity index (χ1) is 8.78. The highest BCUT2D eigenvalue weighted by Gasteiger charge is 2.05. The zero-order valence-electron chi connectivity index (χ0n) is 11.1. The molecule has 1 aromatic carbocycles. The summed E-state index contributed by atoms with van der Waals surface area (Å²) in [7, 11) is 0. The second-order valence-corrected chi connectivity index (χ2v) is 4.56. The molecule has 2 rings (SSSR count). The number of nitrogens with zero attached hydrogens (tertiary/aromatic N) is 2. The van der Waals surface area contributed by atoms with Crippen molar-refractivity contribution >= 4 is 0 Å². The average molecular weight is 240 g/mol. The molecule has 18 heavy (non-hydrogen) atoms. The minimum absolute atomic E-state index is 0.910. The lowest BCUT2D eigenvalue weighted by Crippen LogP contribution is -2.22. The summed E-state index contributed by atoms with van der Waals surface area (Å²) in [5.74, 6) is 0. The maximum absolute atomic E-state index is 4.56. The molecule has 0 spiro atoms. The SMILES string of the molecule is CCN(Cc1ccccc1)Cc1cccc(C)n1. The zero-order chi connectivity index (χ0) is 12.8. The summed E-state index contributed by atoms with van der Waals surface area (Å²) >= 11 is 0. The monoisotopic (exact) mass is 240 g/mol. The van der Waals surface area contributed by atoms with Crippen LogP contribution in [0.25, 0.3) is 0 Å². The van der Waals surface area contributed by atoms with E-state index in [0.717, 1.165) is 31.0 Å². The van der Waals surface area contributed by atoms with Gasteiger partial charge in [0.15, 0.2) is 0 Å². The first kappa shape index (κ1) is 12.8. The molecule has 0 amide bonds. The van der Waals surface area contributed by atoms with E-state index in [9.17, 15) is 0 Å². The van der Waals surface area contributed by atoms with Crippen LogP contribution in [0.1, 0.15) is 23.9 Å². The van der Waals surface area contributed by atoms with E-state index < -0.39 is 0 Å². The average Bonchev–Trinajstić information content (AvgIpc) is 2.39. The molecule has 0 bridgehead atoms. The van der Waals surface area contributed by atoms with Crippen LogP contribution in [0.3, 0.4) is 0 Å². The number of hydrogen-bond donors (Lipinski definition) is 0. The Kier molecular flexibility index (Phi) is 4.48. The van der Waals surface area contributed by atoms with Crippen molar-refractivity contribution in [2.24, 2.45) is 0 Å². The summed E-state index contributed by atoms with van der Waals surface area (Å²) < 4.78 is 0. The molecule has 2 aromatic rings. The quantitative estimate of drug-likeness (QED) is 0.796. The van der Waals surface area contributed by atoms with Gasteiger partial charge >= 0.3 is 0 Å². The van der Waals surface area contributed by atoms with Crippen LogP contribution in [0, 0.1) is 6.92 Å². The van der Waals surface area contributed by atoms with Gasteiger partial charge in [-0.05, 0) is 31.2 Å². The van der Waals surface area contributed by atoms with E-state index in [1.54, 1.807) is 0 Å². The Morgan fingerprint density at radius 1 is 0.944 bits per heavy atom. The van der Waals surface area contributed by atoms with Crippen LogP contribution in [0.4, 0.5) is 0 Å². The highest BCUT2D eigenvalue weighted by molar-refractivity contribution is 5.15. The van der Waals surface area contributed by atoms with Crippen molar-refractivity contribution in [1.29, 1.82) is 0 Å². The van der Waals surface area contributed by atoms with E-state index >= 15 is 0 Å². The smallest absolute Gasteiger partial charge is 0.0547 e. The highest BCUT2D eigenvalue weighted by Crippen LogP contribution is 2.08. The van der Waals surface area contributed by atoms with Crippen molar-refractivity contribution in [3.8, 4) is 0 Å². The molecule has 0 unspecified atom stereocenters. The van der Waals surface area contributed by atoms with Crippen molar-refractivity contribution in [3.63, 3.8) is 0 Å². The van der Waals surface area contributed by atoms with Crippen molar-refractivity contribution in [1.82, 2.24) is 9.88 Å². The molecule has 0 aliphatic carbocycles. The molecule has 94 valence electrons. The minimum atomic E-state index is 0.910. The molecule has 2 nitrogen and oxygen atoms in total. The Hall–Kier alpha value is -1.67. The van der Waals surface area contributed by atoms with Gasteiger partial charge in [-0.25, -0.2) is 0 Å². The summed E-state index contributed by atoms with van der Waals surface area (Å²) in [4.78, 5) is 6.96. The van der Waals surface area contributed by atoms with E-state index in [-0.39, 0.29) is 0 Å². The standard InChI is InChI=1S/C16H20N2/c1-3-18(12-15-9-5-4-6-10-15)13-16-11-7-8-14(2)17-16/h4-11H,3,12-13H2,1-2H3. The summed E-state index contributed by atoms with van der Waals surface area (Å²) in [6.07, 6.45) is 0. The molecule has 0 atom stereocenters. The highest BCUT2D eigenvalue weighted by atomic mass is 15.1. The van der Waals surface area contributed by atoms with Gasteiger partial charge < -0.3 is 0 Å². The second kappa shape index (κ2) is 6.31. The van der Waals surface area contributed by atoms with Crippen LogP contribution in [-0.4, -0.2) is 16.4 Å². The van der Waals surface area contributed by atoms with E-state index in [4.69, 9.17) is 0 Å². The lowest BCUT2D eigenvalue weighted by molar-refractivity contribution is 0.268. The van der Waals surface area contributed by atoms with Gasteiger partial charge in [-0.3, -0.25) is 9.88 Å². The first-order valence-corrected chi connectivity index (χ1v) is 6.46. The predicted octanol–water partition coefficient (Wildman–Crippen LogP) is 3.41. The number of benzene rings is 1. The van der Waals surface area contributed by atoms with E-state index in [0.29, 0.717) is 0 Å². The van der Waals surface area contributed by atoms with Gasteiger partial charge in [0.25, 0.3) is 0 Å². The molecule has 0 saturated carbocycles. The molecule has 0 aliphatic rings. The van der Waals surface area contributed by atoms with Crippen LogP contribution in [-0.2, 0) is 13.1 Å². The molecule has 0 N–H and O–H groups in total. The molecule has 2 heteroatoms. The fourth-order valence-electron chi connectivity index (χ4n) is 2.04. The van der Waals surface area contributed by atoms with Crippen LogP contribution in [0.5, 0.6) is 0 Å². The second-order valence-electron chi connectivity index (χ2n) is 4.56. The maximum atomic E-state index is 4.56. The number of rotatable bonds is 5. The van der Waals surface area contributed by atoms with Crippen LogP contribution >= 0.6 is 0 Å². The third kappa shape index (κ3) is 3.67. The summed E-state index contributed by atoms with van der Waals surface area (Å²) in [5, 5.41) is 0. The Bertz CT molecular complexity index is 479. The molecule has 1 heterocycles.